The monoisotopic (exact) mass is 451 g/mol. The van der Waals surface area contributed by atoms with Crippen LogP contribution in [0.3, 0.4) is 0 Å². The van der Waals surface area contributed by atoms with Crippen LogP contribution in [0.1, 0.15) is 15.9 Å². The summed E-state index contributed by atoms with van der Waals surface area (Å²) in [6.45, 7) is 0. The highest BCUT2D eigenvalue weighted by Crippen LogP contribution is 2.34. The number of aromatic hydroxyl groups is 2. The van der Waals surface area contributed by atoms with Gasteiger partial charge in [-0.2, -0.15) is 0 Å². The molecule has 0 bridgehead atoms. The summed E-state index contributed by atoms with van der Waals surface area (Å²) in [6.07, 6.45) is 0. The van der Waals surface area contributed by atoms with E-state index in [-0.39, 0.29) is 40.2 Å². The van der Waals surface area contributed by atoms with E-state index >= 15 is 0 Å². The third-order valence-electron chi connectivity index (χ3n) is 5.37. The molecule has 0 radical (unpaired) electrons. The molecule has 6 nitrogen and oxygen atoms in total. The van der Waals surface area contributed by atoms with Gasteiger partial charge in [-0.25, -0.2) is 14.1 Å². The molecule has 0 atom stereocenters. The topological polar surface area (TPSA) is 88.2 Å². The maximum absolute atomic E-state index is 14.4. The minimum Gasteiger partial charge on any atom is -0.507 e. The van der Waals surface area contributed by atoms with Crippen molar-refractivity contribution in [1.82, 2.24) is 14.8 Å². The molecule has 2 N–H and O–H groups in total. The maximum atomic E-state index is 14.4. The van der Waals surface area contributed by atoms with Crippen molar-refractivity contribution in [2.24, 2.45) is 0 Å². The smallest absolute Gasteiger partial charge is 0.195 e. The van der Waals surface area contributed by atoms with Crippen LogP contribution in [-0.2, 0) is 0 Å². The SMILES string of the molecule is O=C(c1ccccc1)c1ccc(F)cc1-n1nc(-c2ccccc2O)nc1-c1ccccc1O. The molecule has 0 aliphatic rings. The Bertz CT molecular complexity index is 1510. The van der Waals surface area contributed by atoms with Gasteiger partial charge in [0.05, 0.1) is 16.8 Å². The minimum atomic E-state index is -0.567. The predicted molar refractivity (Wildman–Crippen MR) is 125 cm³/mol. The lowest BCUT2D eigenvalue weighted by Gasteiger charge is -2.12. The van der Waals surface area contributed by atoms with E-state index in [4.69, 9.17) is 0 Å². The Morgan fingerprint density at radius 1 is 0.765 bits per heavy atom. The van der Waals surface area contributed by atoms with Crippen molar-refractivity contribution in [1.29, 1.82) is 0 Å². The van der Waals surface area contributed by atoms with Crippen LogP contribution in [0.4, 0.5) is 4.39 Å². The molecule has 34 heavy (non-hydrogen) atoms. The first-order valence-electron chi connectivity index (χ1n) is 10.5. The van der Waals surface area contributed by atoms with Gasteiger partial charge in [0.2, 0.25) is 0 Å². The van der Waals surface area contributed by atoms with Crippen molar-refractivity contribution in [3.63, 3.8) is 0 Å². The Morgan fingerprint density at radius 3 is 2.06 bits per heavy atom. The number of ketones is 1. The molecule has 5 rings (SSSR count). The number of rotatable bonds is 5. The Labute approximate surface area is 194 Å². The van der Waals surface area contributed by atoms with Crippen molar-refractivity contribution in [2.75, 3.05) is 0 Å². The lowest BCUT2D eigenvalue weighted by Crippen LogP contribution is -2.10. The lowest BCUT2D eigenvalue weighted by molar-refractivity contribution is 0.103. The second-order valence-corrected chi connectivity index (χ2v) is 7.56. The van der Waals surface area contributed by atoms with Gasteiger partial charge in [-0.3, -0.25) is 4.79 Å². The first kappa shape index (κ1) is 21.1. The average Bonchev–Trinajstić information content (AvgIpc) is 3.29. The lowest BCUT2D eigenvalue weighted by atomic mass is 10.0. The van der Waals surface area contributed by atoms with Crippen LogP contribution < -0.4 is 0 Å². The summed E-state index contributed by atoms with van der Waals surface area (Å²) in [6, 6.07) is 25.5. The molecule has 7 heteroatoms. The van der Waals surface area contributed by atoms with Crippen molar-refractivity contribution in [3.05, 3.63) is 114 Å². The first-order valence-corrected chi connectivity index (χ1v) is 10.5. The molecule has 0 unspecified atom stereocenters. The highest BCUT2D eigenvalue weighted by Gasteiger charge is 2.23. The fraction of sp³-hybridized carbons (Fsp3) is 0. The number of hydrogen-bond donors (Lipinski definition) is 2. The number of para-hydroxylation sites is 2. The van der Waals surface area contributed by atoms with Crippen molar-refractivity contribution >= 4 is 5.78 Å². The number of carbonyl (C=O) groups is 1. The number of hydrogen-bond acceptors (Lipinski definition) is 5. The van der Waals surface area contributed by atoms with E-state index in [2.05, 4.69) is 10.1 Å². The van der Waals surface area contributed by atoms with Gasteiger partial charge in [0.15, 0.2) is 17.4 Å². The summed E-state index contributed by atoms with van der Waals surface area (Å²) in [5.41, 5.74) is 1.48. The van der Waals surface area contributed by atoms with Crippen LogP contribution in [0.15, 0.2) is 97.1 Å². The molecular formula is C27H18FN3O3. The van der Waals surface area contributed by atoms with E-state index in [9.17, 15) is 19.4 Å². The van der Waals surface area contributed by atoms with E-state index in [0.29, 0.717) is 16.7 Å². The van der Waals surface area contributed by atoms with E-state index in [0.717, 1.165) is 0 Å². The third-order valence-corrected chi connectivity index (χ3v) is 5.37. The molecule has 4 aromatic carbocycles. The Kier molecular flexibility index (Phi) is 5.35. The van der Waals surface area contributed by atoms with Gasteiger partial charge >= 0.3 is 0 Å². The van der Waals surface area contributed by atoms with Crippen LogP contribution in [0.25, 0.3) is 28.5 Å². The Balaban J connectivity index is 1.78. The molecule has 1 heterocycles. The molecule has 1 aromatic heterocycles. The Morgan fingerprint density at radius 2 is 1.38 bits per heavy atom. The van der Waals surface area contributed by atoms with E-state index < -0.39 is 5.82 Å². The van der Waals surface area contributed by atoms with Gasteiger partial charge in [0.1, 0.15) is 17.3 Å². The van der Waals surface area contributed by atoms with Crippen LogP contribution in [0, 0.1) is 5.82 Å². The number of phenolic OH excluding ortho intramolecular Hbond substituents is 2. The third kappa shape index (κ3) is 3.80. The van der Waals surface area contributed by atoms with Gasteiger partial charge in [-0.1, -0.05) is 54.6 Å². The summed E-state index contributed by atoms with van der Waals surface area (Å²) < 4.78 is 15.8. The number of aromatic nitrogens is 3. The minimum absolute atomic E-state index is 0.0386. The molecule has 0 fully saturated rings. The zero-order valence-corrected chi connectivity index (χ0v) is 17.8. The van der Waals surface area contributed by atoms with Gasteiger partial charge < -0.3 is 10.2 Å². The molecular weight excluding hydrogens is 433 g/mol. The van der Waals surface area contributed by atoms with Crippen LogP contribution in [0.2, 0.25) is 0 Å². The van der Waals surface area contributed by atoms with Crippen LogP contribution in [0.5, 0.6) is 11.5 Å². The molecule has 0 amide bonds. The fourth-order valence-electron chi connectivity index (χ4n) is 3.71. The van der Waals surface area contributed by atoms with Gasteiger partial charge in [-0.15, -0.1) is 5.10 Å². The number of benzene rings is 4. The largest absolute Gasteiger partial charge is 0.507 e. The highest BCUT2D eigenvalue weighted by atomic mass is 19.1. The second kappa shape index (κ2) is 8.63. The van der Waals surface area contributed by atoms with E-state index in [1.54, 1.807) is 66.7 Å². The molecule has 0 saturated heterocycles. The molecule has 0 aliphatic heterocycles. The number of phenols is 2. The van der Waals surface area contributed by atoms with Crippen molar-refractivity contribution in [3.8, 4) is 40.0 Å². The number of nitrogens with zero attached hydrogens (tertiary/aromatic N) is 3. The first-order chi connectivity index (χ1) is 16.5. The highest BCUT2D eigenvalue weighted by molar-refractivity contribution is 6.11. The number of halogens is 1. The predicted octanol–water partition coefficient (Wildman–Crippen LogP) is 5.38. The van der Waals surface area contributed by atoms with Gasteiger partial charge in [0.25, 0.3) is 0 Å². The molecule has 5 aromatic rings. The molecule has 166 valence electrons. The zero-order valence-electron chi connectivity index (χ0n) is 17.8. The summed E-state index contributed by atoms with van der Waals surface area (Å²) >= 11 is 0. The number of carbonyl (C=O) groups excluding carboxylic acids is 1. The van der Waals surface area contributed by atoms with E-state index in [1.165, 1.54) is 35.0 Å². The summed E-state index contributed by atoms with van der Waals surface area (Å²) in [4.78, 5) is 17.9. The summed E-state index contributed by atoms with van der Waals surface area (Å²) in [5.74, 6) is -0.653. The molecule has 0 saturated carbocycles. The second-order valence-electron chi connectivity index (χ2n) is 7.56. The molecule has 0 spiro atoms. The van der Waals surface area contributed by atoms with Gasteiger partial charge in [0, 0.05) is 17.2 Å². The zero-order chi connectivity index (χ0) is 23.7. The quantitative estimate of drug-likeness (QED) is 0.350. The van der Waals surface area contributed by atoms with Crippen LogP contribution >= 0.6 is 0 Å². The van der Waals surface area contributed by atoms with Crippen molar-refractivity contribution in [2.45, 2.75) is 0 Å². The summed E-state index contributed by atoms with van der Waals surface area (Å²) in [5, 5.41) is 25.4. The van der Waals surface area contributed by atoms with Crippen molar-refractivity contribution < 1.29 is 19.4 Å². The Hall–Kier alpha value is -4.78. The molecule has 0 aliphatic carbocycles. The van der Waals surface area contributed by atoms with Crippen LogP contribution in [-0.4, -0.2) is 30.8 Å². The average molecular weight is 451 g/mol. The van der Waals surface area contributed by atoms with E-state index in [1.807, 2.05) is 0 Å². The fourth-order valence-corrected chi connectivity index (χ4v) is 3.71. The summed E-state index contributed by atoms with van der Waals surface area (Å²) in [7, 11) is 0. The van der Waals surface area contributed by atoms with Gasteiger partial charge in [-0.05, 0) is 36.4 Å². The maximum Gasteiger partial charge on any atom is 0.195 e. The normalized spacial score (nSPS) is 10.9. The standard InChI is InChI=1S/C27H18FN3O3/c28-18-14-15-19(25(34)17-8-2-1-3-9-17)22(16-18)31-27(21-11-5-7-13-24(21)33)29-26(30-31)20-10-4-6-12-23(20)32/h1-16,32-33H.